The molecule has 0 spiro atoms. The average Bonchev–Trinajstić information content (AvgIpc) is 4.12. The summed E-state index contributed by atoms with van der Waals surface area (Å²) in [6.45, 7) is 7.48. The van der Waals surface area contributed by atoms with Gasteiger partial charge in [-0.25, -0.2) is 29.9 Å². The second-order valence-corrected chi connectivity index (χ2v) is 18.8. The number of carbonyl (C=O) groups is 2. The zero-order valence-electron chi connectivity index (χ0n) is 39.7. The number of aliphatic hydroxyl groups is 1. The first-order valence-corrected chi connectivity index (χ1v) is 23.9. The van der Waals surface area contributed by atoms with Crippen LogP contribution in [-0.4, -0.2) is 83.3 Å². The molecule has 2 atom stereocenters. The smallest absolute Gasteiger partial charge is 0.311 e. The first-order valence-electron chi connectivity index (χ1n) is 23.9. The van der Waals surface area contributed by atoms with Gasteiger partial charge >= 0.3 is 11.9 Å². The Labute approximate surface area is 404 Å². The van der Waals surface area contributed by atoms with Gasteiger partial charge in [-0.15, -0.1) is 0 Å². The maximum Gasteiger partial charge on any atom is 0.311 e. The Morgan fingerprint density at radius 1 is 0.543 bits per heavy atom. The van der Waals surface area contributed by atoms with Crippen molar-refractivity contribution in [1.29, 1.82) is 0 Å². The molecule has 5 aromatic carbocycles. The molecule has 5 heterocycles. The summed E-state index contributed by atoms with van der Waals surface area (Å²) in [4.78, 5) is 64.4. The van der Waals surface area contributed by atoms with Crippen LogP contribution in [0.5, 0.6) is 5.75 Å². The zero-order valence-corrected chi connectivity index (χ0v) is 39.7. The number of aliphatic hydroxyl groups excluding tert-OH is 1. The summed E-state index contributed by atoms with van der Waals surface area (Å²) in [5, 5.41) is 12.7. The van der Waals surface area contributed by atoms with Crippen molar-refractivity contribution in [2.75, 3.05) is 26.4 Å². The fourth-order valence-corrected chi connectivity index (χ4v) is 9.36. The van der Waals surface area contributed by atoms with Crippen molar-refractivity contribution in [2.24, 2.45) is 10.8 Å². The monoisotopic (exact) mass is 934 g/mol. The van der Waals surface area contributed by atoms with Crippen LogP contribution in [-0.2, 0) is 19.1 Å². The number of ether oxygens (including phenoxy) is 3. The number of esters is 2. The molecule has 70 heavy (non-hydrogen) atoms. The molecule has 0 fully saturated rings. The number of rotatable bonds is 16. The van der Waals surface area contributed by atoms with Gasteiger partial charge in [0.25, 0.3) is 0 Å². The number of nitrogens with one attached hydrogen (secondary N) is 2. The Morgan fingerprint density at radius 2 is 1.03 bits per heavy atom. The quantitative estimate of drug-likeness (QED) is 0.0614. The van der Waals surface area contributed by atoms with E-state index in [-0.39, 0.29) is 38.3 Å². The molecule has 0 aliphatic carbocycles. The van der Waals surface area contributed by atoms with E-state index < -0.39 is 16.8 Å². The summed E-state index contributed by atoms with van der Waals surface area (Å²) in [5.41, 5.74) is 5.15. The largest absolute Gasteiger partial charge is 0.490 e. The fraction of sp³-hybridized carbons (Fsp3) is 0.286. The van der Waals surface area contributed by atoms with Crippen molar-refractivity contribution < 1.29 is 28.9 Å². The van der Waals surface area contributed by atoms with Crippen molar-refractivity contribution in [3.8, 4) is 51.3 Å². The van der Waals surface area contributed by atoms with Crippen molar-refractivity contribution >= 4 is 56.1 Å². The van der Waals surface area contributed by atoms with Crippen LogP contribution < -0.4 is 4.74 Å². The second kappa shape index (κ2) is 19.3. The van der Waals surface area contributed by atoms with E-state index in [4.69, 9.17) is 44.1 Å². The van der Waals surface area contributed by atoms with E-state index >= 15 is 0 Å². The van der Waals surface area contributed by atoms with E-state index in [1.807, 2.05) is 130 Å². The first kappa shape index (κ1) is 45.9. The minimum atomic E-state index is -0.902. The van der Waals surface area contributed by atoms with Crippen LogP contribution in [0.3, 0.4) is 0 Å². The summed E-state index contributed by atoms with van der Waals surface area (Å²) in [5.74, 6) is 2.07. The SMILES string of the molecule is CCC(CCC(C)(CCC(C)(C)C(=O)OCCOc1ccc2c3nc4nc(nc5[nH]c(nc6nc(nc([nH]3)c2c1)-c1ccccc1-6)c1ccccc51)-c1ccccc1-4)C(=O)OCCO)c1ccccc1. The van der Waals surface area contributed by atoms with Gasteiger partial charge in [-0.3, -0.25) is 9.59 Å². The molecule has 14 heteroatoms. The summed E-state index contributed by atoms with van der Waals surface area (Å²) >= 11 is 0. The third-order valence-corrected chi connectivity index (χ3v) is 13.6. The van der Waals surface area contributed by atoms with Gasteiger partial charge in [0.1, 0.15) is 48.2 Å². The lowest BCUT2D eigenvalue weighted by atomic mass is 9.73. The number of benzene rings is 5. The number of aromatic nitrogens is 8. The number of H-pyrrole nitrogens is 2. The van der Waals surface area contributed by atoms with Crippen LogP contribution in [0.4, 0.5) is 0 Å². The Hall–Kier alpha value is -7.84. The summed E-state index contributed by atoms with van der Waals surface area (Å²) in [6.07, 6.45) is 3.07. The molecule has 2 aliphatic heterocycles. The minimum Gasteiger partial charge on any atom is -0.490 e. The molecule has 3 aromatic heterocycles. The molecule has 3 N–H and O–H groups in total. The molecule has 10 rings (SSSR count). The van der Waals surface area contributed by atoms with Gasteiger partial charge in [-0.1, -0.05) is 110 Å². The molecule has 2 unspecified atom stereocenters. The highest BCUT2D eigenvalue weighted by atomic mass is 16.6. The topological polar surface area (TPSA) is 191 Å². The van der Waals surface area contributed by atoms with E-state index in [0.717, 1.165) is 56.6 Å². The summed E-state index contributed by atoms with van der Waals surface area (Å²) < 4.78 is 17.5. The van der Waals surface area contributed by atoms with E-state index in [2.05, 4.69) is 29.0 Å². The fourth-order valence-electron chi connectivity index (χ4n) is 9.36. The maximum absolute atomic E-state index is 13.6. The molecular formula is C56H54N8O6. The van der Waals surface area contributed by atoms with Crippen LogP contribution in [0, 0.1) is 10.8 Å². The molecule has 8 bridgehead atoms. The van der Waals surface area contributed by atoms with E-state index in [0.29, 0.717) is 70.9 Å². The number of carbonyl (C=O) groups excluding carboxylic acids is 2. The minimum absolute atomic E-state index is 0.00657. The van der Waals surface area contributed by atoms with Crippen molar-refractivity contribution in [3.63, 3.8) is 0 Å². The molecule has 8 aromatic rings. The molecular weight excluding hydrogens is 881 g/mol. The van der Waals surface area contributed by atoms with Gasteiger partial charge in [0.05, 0.1) is 17.4 Å². The predicted molar refractivity (Wildman–Crippen MR) is 270 cm³/mol. The number of aromatic amines is 2. The Bertz CT molecular complexity index is 3440. The van der Waals surface area contributed by atoms with Gasteiger partial charge in [-0.2, -0.15) is 0 Å². The van der Waals surface area contributed by atoms with Crippen LogP contribution in [0.2, 0.25) is 0 Å². The highest BCUT2D eigenvalue weighted by Gasteiger charge is 2.39. The molecule has 0 saturated heterocycles. The first-order chi connectivity index (χ1) is 34.0. The van der Waals surface area contributed by atoms with Crippen LogP contribution in [0.15, 0.2) is 121 Å². The number of fused-ring (bicyclic) bond motifs is 20. The Kier molecular flexibility index (Phi) is 12.6. The highest BCUT2D eigenvalue weighted by Crippen LogP contribution is 2.41. The van der Waals surface area contributed by atoms with E-state index in [1.165, 1.54) is 5.56 Å². The lowest BCUT2D eigenvalue weighted by Gasteiger charge is -2.32. The van der Waals surface area contributed by atoms with Gasteiger partial charge in [0, 0.05) is 43.8 Å². The molecule has 0 saturated carbocycles. The Balaban J connectivity index is 0.918. The lowest BCUT2D eigenvalue weighted by molar-refractivity contribution is -0.160. The standard InChI is InChI=1S/C56H54N8O6/c1-5-34(35-15-7-6-8-16-35)25-26-56(4,54(67)69-30-29-65)28-27-55(2,3)53(66)70-32-31-68-36-23-24-43-44(33-36)52-63-50-42-22-14-13-21-41(42)48(61-50)59-46-38-18-10-9-17-37(38)45(57-46)58-47-39-19-11-12-20-40(39)49(60-47)62-51(43)64-52/h6-24,33-34,65H,5,25-32H2,1-4H3,(H2,57,58,59,60,61,62,63,64). The highest BCUT2D eigenvalue weighted by molar-refractivity contribution is 6.06. The van der Waals surface area contributed by atoms with Gasteiger partial charge in [-0.05, 0) is 82.6 Å². The van der Waals surface area contributed by atoms with Gasteiger partial charge < -0.3 is 29.3 Å². The number of hydrogen-bond donors (Lipinski definition) is 3. The van der Waals surface area contributed by atoms with Crippen LogP contribution in [0.25, 0.3) is 89.7 Å². The summed E-state index contributed by atoms with van der Waals surface area (Å²) in [6, 6.07) is 39.7. The van der Waals surface area contributed by atoms with E-state index in [1.54, 1.807) is 0 Å². The lowest BCUT2D eigenvalue weighted by Crippen LogP contribution is -2.35. The van der Waals surface area contributed by atoms with Crippen molar-refractivity contribution in [1.82, 2.24) is 39.9 Å². The molecule has 0 radical (unpaired) electrons. The third-order valence-electron chi connectivity index (χ3n) is 13.6. The zero-order chi connectivity index (χ0) is 48.4. The average molecular weight is 935 g/mol. The predicted octanol–water partition coefficient (Wildman–Crippen LogP) is 11.1. The van der Waals surface area contributed by atoms with Gasteiger partial charge in [0.15, 0.2) is 23.3 Å². The van der Waals surface area contributed by atoms with Crippen LogP contribution in [0.1, 0.15) is 71.3 Å². The molecule has 354 valence electrons. The third kappa shape index (κ3) is 9.09. The van der Waals surface area contributed by atoms with Crippen molar-refractivity contribution in [2.45, 2.75) is 65.7 Å². The Morgan fingerprint density at radius 3 is 1.56 bits per heavy atom. The second-order valence-electron chi connectivity index (χ2n) is 18.8. The molecule has 2 aliphatic rings. The van der Waals surface area contributed by atoms with E-state index in [9.17, 15) is 14.7 Å². The summed E-state index contributed by atoms with van der Waals surface area (Å²) in [7, 11) is 0. The van der Waals surface area contributed by atoms with Crippen molar-refractivity contribution in [3.05, 3.63) is 127 Å². The number of nitrogens with zero attached hydrogens (tertiary/aromatic N) is 6. The van der Waals surface area contributed by atoms with Crippen LogP contribution >= 0.6 is 0 Å². The van der Waals surface area contributed by atoms with Gasteiger partial charge in [0.2, 0.25) is 0 Å². The molecule has 14 nitrogen and oxygen atoms in total. The maximum atomic E-state index is 13.6. The molecule has 0 amide bonds. The number of hydrogen-bond acceptors (Lipinski definition) is 12. The normalized spacial score (nSPS) is 13.3.